The monoisotopic (exact) mass is 465 g/mol. The summed E-state index contributed by atoms with van der Waals surface area (Å²) in [4.78, 5) is 5.08. The van der Waals surface area contributed by atoms with Gasteiger partial charge in [-0.15, -0.1) is 11.8 Å². The lowest BCUT2D eigenvalue weighted by molar-refractivity contribution is 0.401. The Hall–Kier alpha value is -1.53. The highest BCUT2D eigenvalue weighted by Gasteiger charge is 2.32. The first-order valence-electron chi connectivity index (χ1n) is 9.23. The van der Waals surface area contributed by atoms with Gasteiger partial charge in [-0.1, -0.05) is 18.2 Å². The van der Waals surface area contributed by atoms with E-state index in [2.05, 4.69) is 20.9 Å². The zero-order chi connectivity index (χ0) is 19.8. The molecule has 1 fully saturated rings. The van der Waals surface area contributed by atoms with Gasteiger partial charge in [0.15, 0.2) is 0 Å². The fraction of sp³-hybridized carbons (Fsp3) is 0.318. The molecule has 2 aromatic rings. The van der Waals surface area contributed by atoms with Gasteiger partial charge in [-0.25, -0.2) is 18.2 Å². The number of nitrogens with zero attached hydrogens (tertiary/aromatic N) is 1. The molecule has 0 spiro atoms. The molecule has 1 heterocycles. The van der Waals surface area contributed by atoms with Crippen LogP contribution in [0, 0.1) is 18.6 Å². The minimum Gasteiger partial charge on any atom is -0.249 e. The third kappa shape index (κ3) is 4.08. The minimum absolute atomic E-state index is 0.0540. The van der Waals surface area contributed by atoms with E-state index in [0.29, 0.717) is 10.2 Å². The molecule has 1 nitrogen and oxygen atoms in total. The first-order chi connectivity index (χ1) is 13.4. The van der Waals surface area contributed by atoms with Crippen molar-refractivity contribution >= 4 is 27.7 Å². The Bertz CT molecular complexity index is 968. The molecule has 28 heavy (non-hydrogen) atoms. The predicted octanol–water partition coefficient (Wildman–Crippen LogP) is 7.31. The van der Waals surface area contributed by atoms with Crippen molar-refractivity contribution in [2.45, 2.75) is 43.5 Å². The van der Waals surface area contributed by atoms with Crippen LogP contribution in [0.2, 0.25) is 0 Å². The van der Waals surface area contributed by atoms with E-state index in [-0.39, 0.29) is 17.9 Å². The van der Waals surface area contributed by atoms with Crippen LogP contribution in [0.15, 0.2) is 52.1 Å². The van der Waals surface area contributed by atoms with Gasteiger partial charge in [0.25, 0.3) is 0 Å². The summed E-state index contributed by atoms with van der Waals surface area (Å²) < 4.78 is 44.4. The molecular weight excluding hydrogens is 447 g/mol. The SMILES string of the molecule is Cc1cc(Br)ncc1C(SC1=CCC(F)C=C1)c1c(F)ccc(C2CC2)c1F. The standard InChI is InChI=1S/C22H19BrF3NS/c1-12-10-19(23)27-11-17(12)22(28-15-6-4-14(24)5-7-15)20-18(25)9-8-16(21(20)26)13-2-3-13/h4,6-11,13-14,22H,2-3,5H2,1H3. The largest absolute Gasteiger partial charge is 0.249 e. The molecule has 2 aliphatic carbocycles. The highest BCUT2D eigenvalue weighted by atomic mass is 79.9. The lowest BCUT2D eigenvalue weighted by Gasteiger charge is -2.23. The van der Waals surface area contributed by atoms with E-state index in [9.17, 15) is 8.78 Å². The number of alkyl halides is 1. The third-order valence-corrected chi connectivity index (χ3v) is 6.84. The Kier molecular flexibility index (Phi) is 5.70. The third-order valence-electron chi connectivity index (χ3n) is 5.10. The Morgan fingerprint density at radius 2 is 2.04 bits per heavy atom. The van der Waals surface area contributed by atoms with Crippen LogP contribution >= 0.6 is 27.7 Å². The number of thioether (sulfide) groups is 1. The van der Waals surface area contributed by atoms with Crippen molar-refractivity contribution in [2.24, 2.45) is 0 Å². The molecule has 2 atom stereocenters. The predicted molar refractivity (Wildman–Crippen MR) is 111 cm³/mol. The molecule has 146 valence electrons. The number of halogens is 4. The van der Waals surface area contributed by atoms with Gasteiger partial charge >= 0.3 is 0 Å². The Morgan fingerprint density at radius 1 is 1.25 bits per heavy atom. The topological polar surface area (TPSA) is 12.9 Å². The van der Waals surface area contributed by atoms with E-state index in [1.165, 1.54) is 23.9 Å². The normalized spacial score (nSPS) is 20.2. The first-order valence-corrected chi connectivity index (χ1v) is 10.9. The van der Waals surface area contributed by atoms with Crippen molar-refractivity contribution in [3.8, 4) is 0 Å². The summed E-state index contributed by atoms with van der Waals surface area (Å²) in [7, 11) is 0. The number of hydrogen-bond donors (Lipinski definition) is 0. The average Bonchev–Trinajstić information content (AvgIpc) is 3.48. The molecule has 2 unspecified atom stereocenters. The van der Waals surface area contributed by atoms with Gasteiger partial charge in [-0.2, -0.15) is 0 Å². The smallest absolute Gasteiger partial charge is 0.134 e. The van der Waals surface area contributed by atoms with E-state index in [4.69, 9.17) is 0 Å². The molecule has 6 heteroatoms. The van der Waals surface area contributed by atoms with Gasteiger partial charge in [0.1, 0.15) is 22.4 Å². The number of hydrogen-bond acceptors (Lipinski definition) is 2. The Morgan fingerprint density at radius 3 is 2.68 bits per heavy atom. The maximum atomic E-state index is 15.4. The molecule has 0 bridgehead atoms. The van der Waals surface area contributed by atoms with Crippen molar-refractivity contribution in [3.63, 3.8) is 0 Å². The van der Waals surface area contributed by atoms with Crippen LogP contribution in [0.1, 0.15) is 52.7 Å². The van der Waals surface area contributed by atoms with Crippen molar-refractivity contribution in [2.75, 3.05) is 0 Å². The van der Waals surface area contributed by atoms with Crippen LogP contribution in [0.4, 0.5) is 13.2 Å². The lowest BCUT2D eigenvalue weighted by atomic mass is 9.97. The first kappa shape index (κ1) is 19.8. The van der Waals surface area contributed by atoms with Crippen molar-refractivity contribution < 1.29 is 13.2 Å². The number of rotatable bonds is 5. The molecule has 0 N–H and O–H groups in total. The molecule has 4 rings (SSSR count). The van der Waals surface area contributed by atoms with Crippen LogP contribution < -0.4 is 0 Å². The van der Waals surface area contributed by atoms with Crippen molar-refractivity contribution in [3.05, 3.63) is 86.0 Å². The second-order valence-corrected chi connectivity index (χ2v) is 9.21. The van der Waals surface area contributed by atoms with Crippen LogP contribution in [0.5, 0.6) is 0 Å². The van der Waals surface area contributed by atoms with Crippen LogP contribution in [-0.4, -0.2) is 11.2 Å². The van der Waals surface area contributed by atoms with Gasteiger partial charge in [0.05, 0.1) is 5.25 Å². The lowest BCUT2D eigenvalue weighted by Crippen LogP contribution is -2.09. The van der Waals surface area contributed by atoms with Crippen LogP contribution in [0.3, 0.4) is 0 Å². The molecule has 1 saturated carbocycles. The number of benzene rings is 1. The molecule has 2 aliphatic rings. The molecule has 0 saturated heterocycles. The quantitative estimate of drug-likeness (QED) is 0.429. The number of aryl methyl sites for hydroxylation is 1. The van der Waals surface area contributed by atoms with E-state index in [0.717, 1.165) is 28.9 Å². The fourth-order valence-corrected chi connectivity index (χ4v) is 5.19. The summed E-state index contributed by atoms with van der Waals surface area (Å²) in [5.74, 6) is -0.855. The number of pyridine rings is 1. The maximum Gasteiger partial charge on any atom is 0.134 e. The highest BCUT2D eigenvalue weighted by molar-refractivity contribution is 9.10. The van der Waals surface area contributed by atoms with E-state index in [1.807, 2.05) is 13.0 Å². The summed E-state index contributed by atoms with van der Waals surface area (Å²) in [6, 6.07) is 4.77. The molecule has 0 radical (unpaired) electrons. The molecule has 0 amide bonds. The number of allylic oxidation sites excluding steroid dienone is 3. The van der Waals surface area contributed by atoms with Crippen molar-refractivity contribution in [1.82, 2.24) is 4.98 Å². The van der Waals surface area contributed by atoms with E-state index < -0.39 is 23.1 Å². The molecule has 0 aliphatic heterocycles. The van der Waals surface area contributed by atoms with E-state index in [1.54, 1.807) is 24.4 Å². The van der Waals surface area contributed by atoms with Gasteiger partial charge in [0, 0.05) is 23.1 Å². The highest BCUT2D eigenvalue weighted by Crippen LogP contribution is 2.48. The summed E-state index contributed by atoms with van der Waals surface area (Å²) >= 11 is 4.68. The summed E-state index contributed by atoms with van der Waals surface area (Å²) in [5.41, 5.74) is 2.27. The Balaban J connectivity index is 1.81. The van der Waals surface area contributed by atoms with Gasteiger partial charge in [-0.3, -0.25) is 0 Å². The molecule has 1 aromatic carbocycles. The second kappa shape index (κ2) is 8.07. The maximum absolute atomic E-state index is 15.4. The summed E-state index contributed by atoms with van der Waals surface area (Å²) in [5, 5.41) is -0.605. The Labute approximate surface area is 175 Å². The van der Waals surface area contributed by atoms with Gasteiger partial charge < -0.3 is 0 Å². The van der Waals surface area contributed by atoms with E-state index >= 15 is 4.39 Å². The van der Waals surface area contributed by atoms with Crippen LogP contribution in [-0.2, 0) is 0 Å². The van der Waals surface area contributed by atoms with Gasteiger partial charge in [-0.05, 0) is 76.5 Å². The number of aromatic nitrogens is 1. The summed E-state index contributed by atoms with van der Waals surface area (Å²) in [6.45, 7) is 1.90. The fourth-order valence-electron chi connectivity index (χ4n) is 3.42. The summed E-state index contributed by atoms with van der Waals surface area (Å²) in [6.07, 6.45) is 7.75. The average molecular weight is 466 g/mol. The van der Waals surface area contributed by atoms with Gasteiger partial charge in [0.2, 0.25) is 0 Å². The zero-order valence-electron chi connectivity index (χ0n) is 15.3. The van der Waals surface area contributed by atoms with Crippen molar-refractivity contribution in [1.29, 1.82) is 0 Å². The zero-order valence-corrected chi connectivity index (χ0v) is 17.7. The second-order valence-electron chi connectivity index (χ2n) is 7.22. The van der Waals surface area contributed by atoms with Crippen LogP contribution in [0.25, 0.3) is 0 Å². The molecule has 1 aromatic heterocycles. The minimum atomic E-state index is -1.01. The molecular formula is C22H19BrF3NS.